The lowest BCUT2D eigenvalue weighted by atomic mass is 10.1. The first-order valence-electron chi connectivity index (χ1n) is 13.8. The van der Waals surface area contributed by atoms with Gasteiger partial charge in [-0.05, 0) is 62.6 Å². The van der Waals surface area contributed by atoms with Crippen LogP contribution in [0.2, 0.25) is 10.0 Å². The number of halogens is 2. The average Bonchev–Trinajstić information content (AvgIpc) is 3.40. The minimum absolute atomic E-state index is 0.209. The number of benzene rings is 1. The van der Waals surface area contributed by atoms with E-state index in [1.165, 1.54) is 7.11 Å². The monoisotopic (exact) mass is 618 g/mol. The zero-order valence-electron chi connectivity index (χ0n) is 23.5. The van der Waals surface area contributed by atoms with Gasteiger partial charge in [0.1, 0.15) is 28.9 Å². The SMILES string of the molecule is COc1ncc(-c2nn(C3CCCCO3)c3ccc(O[C@H](C)c4c(Cl)cncc4Cl)cc23)cc1NC(=O)c1ccccn1. The molecule has 220 valence electrons. The molecule has 12 heteroatoms. The Morgan fingerprint density at radius 3 is 2.65 bits per heavy atom. The molecular weight excluding hydrogens is 591 g/mol. The van der Waals surface area contributed by atoms with E-state index in [2.05, 4.69) is 20.3 Å². The topological polar surface area (TPSA) is 113 Å². The van der Waals surface area contributed by atoms with Gasteiger partial charge in [0.25, 0.3) is 5.91 Å². The van der Waals surface area contributed by atoms with Crippen LogP contribution in [0.1, 0.15) is 54.6 Å². The fourth-order valence-electron chi connectivity index (χ4n) is 5.13. The molecule has 0 saturated carbocycles. The van der Waals surface area contributed by atoms with Gasteiger partial charge in [0.15, 0.2) is 6.23 Å². The van der Waals surface area contributed by atoms with E-state index in [9.17, 15) is 4.79 Å². The Hall–Kier alpha value is -4.25. The first-order chi connectivity index (χ1) is 20.9. The van der Waals surface area contributed by atoms with Gasteiger partial charge in [-0.3, -0.25) is 14.8 Å². The zero-order valence-corrected chi connectivity index (χ0v) is 25.0. The second kappa shape index (κ2) is 12.5. The van der Waals surface area contributed by atoms with E-state index >= 15 is 0 Å². The Balaban J connectivity index is 1.41. The van der Waals surface area contributed by atoms with Gasteiger partial charge in [-0.1, -0.05) is 29.3 Å². The van der Waals surface area contributed by atoms with Crippen molar-refractivity contribution in [2.24, 2.45) is 0 Å². The molecule has 1 aliphatic heterocycles. The summed E-state index contributed by atoms with van der Waals surface area (Å²) in [7, 11) is 1.50. The average molecular weight is 620 g/mol. The molecular formula is C31H28Cl2N6O4. The van der Waals surface area contributed by atoms with Crippen molar-refractivity contribution in [3.63, 3.8) is 0 Å². The van der Waals surface area contributed by atoms with Crippen molar-refractivity contribution < 1.29 is 19.0 Å². The van der Waals surface area contributed by atoms with Crippen LogP contribution < -0.4 is 14.8 Å². The van der Waals surface area contributed by atoms with E-state index < -0.39 is 6.10 Å². The number of methoxy groups -OCH3 is 1. The maximum Gasteiger partial charge on any atom is 0.274 e. The minimum Gasteiger partial charge on any atom is -0.486 e. The maximum atomic E-state index is 12.9. The van der Waals surface area contributed by atoms with Gasteiger partial charge in [-0.2, -0.15) is 5.10 Å². The van der Waals surface area contributed by atoms with Crippen molar-refractivity contribution in [2.75, 3.05) is 19.0 Å². The number of aromatic nitrogens is 5. The summed E-state index contributed by atoms with van der Waals surface area (Å²) in [4.78, 5) is 25.6. The van der Waals surface area contributed by atoms with Gasteiger partial charge in [0, 0.05) is 47.9 Å². The number of nitrogens with zero attached hydrogens (tertiary/aromatic N) is 5. The highest BCUT2D eigenvalue weighted by Gasteiger charge is 2.24. The number of anilines is 1. The molecule has 1 aromatic carbocycles. The van der Waals surface area contributed by atoms with E-state index in [0.29, 0.717) is 44.9 Å². The second-order valence-corrected chi connectivity index (χ2v) is 10.8. The summed E-state index contributed by atoms with van der Waals surface area (Å²) in [5.74, 6) is 0.470. The Kier molecular flexibility index (Phi) is 8.42. The molecule has 5 aromatic rings. The number of hydrogen-bond acceptors (Lipinski definition) is 8. The summed E-state index contributed by atoms with van der Waals surface area (Å²) in [6.45, 7) is 2.54. The molecule has 1 unspecified atom stereocenters. The molecule has 1 saturated heterocycles. The van der Waals surface area contributed by atoms with Gasteiger partial charge in [-0.15, -0.1) is 0 Å². The van der Waals surface area contributed by atoms with E-state index in [1.54, 1.807) is 49.1 Å². The predicted molar refractivity (Wildman–Crippen MR) is 164 cm³/mol. The molecule has 5 heterocycles. The molecule has 1 amide bonds. The third-order valence-corrected chi connectivity index (χ3v) is 7.78. The molecule has 1 fully saturated rings. The molecule has 0 spiro atoms. The molecule has 10 nitrogen and oxygen atoms in total. The van der Waals surface area contributed by atoms with Gasteiger partial charge in [0.2, 0.25) is 5.88 Å². The Labute approximate surface area is 257 Å². The Morgan fingerprint density at radius 1 is 1.09 bits per heavy atom. The van der Waals surface area contributed by atoms with Crippen LogP contribution in [0, 0.1) is 0 Å². The molecule has 1 aliphatic rings. The van der Waals surface area contributed by atoms with Crippen LogP contribution in [0.4, 0.5) is 5.69 Å². The fourth-order valence-corrected chi connectivity index (χ4v) is 5.80. The number of carbonyl (C=O) groups excluding carboxylic acids is 1. The molecule has 0 radical (unpaired) electrons. The zero-order chi connectivity index (χ0) is 29.9. The first kappa shape index (κ1) is 28.9. The van der Waals surface area contributed by atoms with Crippen molar-refractivity contribution in [3.05, 3.63) is 88.6 Å². The van der Waals surface area contributed by atoms with Crippen molar-refractivity contribution >= 4 is 45.7 Å². The van der Waals surface area contributed by atoms with Gasteiger partial charge < -0.3 is 19.5 Å². The number of rotatable bonds is 8. The molecule has 4 aromatic heterocycles. The number of carbonyl (C=O) groups is 1. The fraction of sp³-hybridized carbons (Fsp3) is 0.258. The van der Waals surface area contributed by atoms with Gasteiger partial charge >= 0.3 is 0 Å². The summed E-state index contributed by atoms with van der Waals surface area (Å²) in [6, 6.07) is 12.7. The molecule has 6 rings (SSSR count). The number of ether oxygens (including phenoxy) is 3. The van der Waals surface area contributed by atoms with Crippen LogP contribution in [0.15, 0.2) is 67.3 Å². The van der Waals surface area contributed by atoms with E-state index in [4.69, 9.17) is 42.5 Å². The number of pyridine rings is 3. The Morgan fingerprint density at radius 2 is 1.93 bits per heavy atom. The van der Waals surface area contributed by atoms with Crippen LogP contribution in [0.25, 0.3) is 22.2 Å². The standard InChI is InChI=1S/C31H28Cl2N6O4/c1-18(28-22(32)16-34-17-23(28)33)43-20-9-10-26-21(14-20)29(38-39(26)27-8-4-6-12-42-27)19-13-25(31(41-2)36-15-19)37-30(40)24-7-3-5-11-35-24/h3,5,7,9-11,13-18,27H,4,6,8,12H2,1-2H3,(H,37,40)/t18-,27?/m1/s1. The highest BCUT2D eigenvalue weighted by molar-refractivity contribution is 6.35. The van der Waals surface area contributed by atoms with Gasteiger partial charge in [-0.25, -0.2) is 9.67 Å². The summed E-state index contributed by atoms with van der Waals surface area (Å²) in [6.07, 6.45) is 8.55. The highest BCUT2D eigenvalue weighted by atomic mass is 35.5. The van der Waals surface area contributed by atoms with Crippen LogP contribution in [-0.4, -0.2) is 44.4 Å². The normalized spacial score (nSPS) is 15.7. The molecule has 43 heavy (non-hydrogen) atoms. The molecule has 2 atom stereocenters. The quantitative estimate of drug-likeness (QED) is 0.193. The lowest BCUT2D eigenvalue weighted by Gasteiger charge is -2.23. The van der Waals surface area contributed by atoms with Crippen molar-refractivity contribution in [1.82, 2.24) is 24.7 Å². The van der Waals surface area contributed by atoms with Crippen LogP contribution in [-0.2, 0) is 4.74 Å². The van der Waals surface area contributed by atoms with Crippen molar-refractivity contribution in [1.29, 1.82) is 0 Å². The molecule has 0 aliphatic carbocycles. The number of fused-ring (bicyclic) bond motifs is 1. The minimum atomic E-state index is -0.448. The molecule has 1 N–H and O–H groups in total. The lowest BCUT2D eigenvalue weighted by Crippen LogP contribution is -2.19. The number of hydrogen-bond donors (Lipinski definition) is 1. The van der Waals surface area contributed by atoms with Crippen molar-refractivity contribution in [2.45, 2.75) is 38.5 Å². The summed E-state index contributed by atoms with van der Waals surface area (Å²) < 4.78 is 19.8. The smallest absolute Gasteiger partial charge is 0.274 e. The maximum absolute atomic E-state index is 12.9. The van der Waals surface area contributed by atoms with Crippen LogP contribution in [0.3, 0.4) is 0 Å². The van der Waals surface area contributed by atoms with Gasteiger partial charge in [0.05, 0.1) is 22.7 Å². The lowest BCUT2D eigenvalue weighted by molar-refractivity contribution is -0.0365. The van der Waals surface area contributed by atoms with E-state index in [0.717, 1.165) is 30.2 Å². The first-order valence-corrected chi connectivity index (χ1v) is 14.5. The Bertz CT molecular complexity index is 1760. The van der Waals surface area contributed by atoms with Crippen LogP contribution in [0.5, 0.6) is 11.6 Å². The largest absolute Gasteiger partial charge is 0.486 e. The predicted octanol–water partition coefficient (Wildman–Crippen LogP) is 7.30. The van der Waals surface area contributed by atoms with Crippen LogP contribution >= 0.6 is 23.2 Å². The number of nitrogens with one attached hydrogen (secondary N) is 1. The summed E-state index contributed by atoms with van der Waals surface area (Å²) in [5.41, 5.74) is 3.49. The summed E-state index contributed by atoms with van der Waals surface area (Å²) in [5, 5.41) is 9.54. The second-order valence-electron chi connectivity index (χ2n) is 10.0. The van der Waals surface area contributed by atoms with E-state index in [-0.39, 0.29) is 23.7 Å². The summed E-state index contributed by atoms with van der Waals surface area (Å²) >= 11 is 12.8. The number of amides is 1. The highest BCUT2D eigenvalue weighted by Crippen LogP contribution is 2.38. The third-order valence-electron chi connectivity index (χ3n) is 7.18. The molecule has 0 bridgehead atoms. The van der Waals surface area contributed by atoms with Crippen molar-refractivity contribution in [3.8, 4) is 22.9 Å². The van der Waals surface area contributed by atoms with E-state index in [1.807, 2.05) is 29.8 Å². The third kappa shape index (κ3) is 5.99.